The quantitative estimate of drug-likeness (QED) is 0.906. The van der Waals surface area contributed by atoms with Crippen molar-refractivity contribution in [2.24, 2.45) is 5.41 Å². The van der Waals surface area contributed by atoms with Crippen LogP contribution in [-0.4, -0.2) is 39.5 Å². The van der Waals surface area contributed by atoms with Crippen molar-refractivity contribution in [1.29, 1.82) is 0 Å². The number of hydrogen-bond donors (Lipinski definition) is 1. The highest BCUT2D eigenvalue weighted by molar-refractivity contribution is 7.99. The van der Waals surface area contributed by atoms with E-state index in [9.17, 15) is 9.59 Å². The number of nitrogens with one attached hydrogen (secondary N) is 1. The zero-order valence-corrected chi connectivity index (χ0v) is 13.8. The van der Waals surface area contributed by atoms with Crippen molar-refractivity contribution in [3.8, 4) is 0 Å². The second-order valence-corrected chi connectivity index (χ2v) is 7.23. The van der Waals surface area contributed by atoms with E-state index in [1.165, 1.54) is 0 Å². The van der Waals surface area contributed by atoms with Gasteiger partial charge in [0.05, 0.1) is 5.88 Å². The molecular weight excluding hydrogens is 290 g/mol. The Balaban J connectivity index is 2.13. The van der Waals surface area contributed by atoms with Gasteiger partial charge in [0.1, 0.15) is 17.4 Å². The fraction of sp³-hybridized carbons (Fsp3) is 0.643. The van der Waals surface area contributed by atoms with Crippen LogP contribution in [0.25, 0.3) is 0 Å². The zero-order chi connectivity index (χ0) is 15.8. The largest absolute Gasteiger partial charge is 0.359 e. The van der Waals surface area contributed by atoms with Crippen molar-refractivity contribution in [1.82, 2.24) is 10.1 Å². The fourth-order valence-corrected chi connectivity index (χ4v) is 3.31. The van der Waals surface area contributed by atoms with Crippen molar-refractivity contribution in [3.05, 3.63) is 11.5 Å². The second-order valence-electron chi connectivity index (χ2n) is 6.23. The van der Waals surface area contributed by atoms with Gasteiger partial charge in [0, 0.05) is 11.2 Å². The van der Waals surface area contributed by atoms with E-state index < -0.39 is 11.5 Å². The summed E-state index contributed by atoms with van der Waals surface area (Å²) in [4.78, 5) is 26.5. The lowest BCUT2D eigenvalue weighted by Gasteiger charge is -2.29. The summed E-state index contributed by atoms with van der Waals surface area (Å²) in [6, 6.07) is -0.449. The maximum absolute atomic E-state index is 12.5. The van der Waals surface area contributed by atoms with Gasteiger partial charge in [-0.3, -0.25) is 9.59 Å². The molecular formula is C14H21N3O3S. The van der Waals surface area contributed by atoms with Crippen LogP contribution < -0.4 is 5.32 Å². The van der Waals surface area contributed by atoms with E-state index >= 15 is 0 Å². The van der Waals surface area contributed by atoms with E-state index in [0.29, 0.717) is 28.8 Å². The summed E-state index contributed by atoms with van der Waals surface area (Å²) in [6.45, 7) is 9.11. The molecule has 2 rings (SSSR count). The molecule has 0 radical (unpaired) electrons. The van der Waals surface area contributed by atoms with Crippen molar-refractivity contribution in [3.63, 3.8) is 0 Å². The second kappa shape index (κ2) is 5.71. The predicted molar refractivity (Wildman–Crippen MR) is 82.0 cm³/mol. The third kappa shape index (κ3) is 3.23. The summed E-state index contributed by atoms with van der Waals surface area (Å²) < 4.78 is 5.04. The zero-order valence-electron chi connectivity index (χ0n) is 13.0. The number of nitrogens with zero attached hydrogens (tertiary/aromatic N) is 2. The first-order chi connectivity index (χ1) is 9.71. The molecule has 2 heterocycles. The summed E-state index contributed by atoms with van der Waals surface area (Å²) in [5.41, 5.74) is 0.743. The molecule has 0 aromatic carbocycles. The smallest absolute Gasteiger partial charge is 0.248 e. The molecule has 0 bridgehead atoms. The fourth-order valence-electron chi connectivity index (χ4n) is 2.16. The monoisotopic (exact) mass is 311 g/mol. The molecule has 7 heteroatoms. The molecule has 21 heavy (non-hydrogen) atoms. The molecule has 1 fully saturated rings. The summed E-state index contributed by atoms with van der Waals surface area (Å²) >= 11 is 1.59. The maximum atomic E-state index is 12.5. The van der Waals surface area contributed by atoms with Gasteiger partial charge in [-0.15, -0.1) is 11.8 Å². The van der Waals surface area contributed by atoms with Gasteiger partial charge in [0.25, 0.3) is 0 Å². The lowest BCUT2D eigenvalue weighted by molar-refractivity contribution is -0.143. The number of thioether (sulfide) groups is 1. The number of rotatable bonds is 2. The Hall–Kier alpha value is -1.50. The van der Waals surface area contributed by atoms with Crippen LogP contribution in [0.5, 0.6) is 0 Å². The summed E-state index contributed by atoms with van der Waals surface area (Å²) in [5, 5.41) is 6.65. The Morgan fingerprint density at radius 1 is 1.38 bits per heavy atom. The highest BCUT2D eigenvalue weighted by Gasteiger charge is 2.39. The Kier molecular flexibility index (Phi) is 4.32. The lowest BCUT2D eigenvalue weighted by Crippen LogP contribution is -2.48. The van der Waals surface area contributed by atoms with E-state index in [1.807, 2.05) is 20.8 Å². The van der Waals surface area contributed by atoms with Crippen LogP contribution in [0.1, 0.15) is 32.2 Å². The number of anilines is 1. The van der Waals surface area contributed by atoms with Crippen molar-refractivity contribution in [2.45, 2.75) is 40.7 Å². The number of aryl methyl sites for hydroxylation is 2. The molecule has 1 aliphatic heterocycles. The first-order valence-electron chi connectivity index (χ1n) is 6.84. The maximum Gasteiger partial charge on any atom is 0.248 e. The topological polar surface area (TPSA) is 75.4 Å². The summed E-state index contributed by atoms with van der Waals surface area (Å²) in [5.74, 6) is 1.53. The van der Waals surface area contributed by atoms with Crippen molar-refractivity contribution >= 4 is 29.3 Å². The van der Waals surface area contributed by atoms with E-state index in [1.54, 1.807) is 30.5 Å². The Morgan fingerprint density at radius 2 is 2.05 bits per heavy atom. The minimum Gasteiger partial charge on any atom is -0.359 e. The Bertz CT molecular complexity index is 543. The normalized spacial score (nSPS) is 18.9. The van der Waals surface area contributed by atoms with E-state index in [2.05, 4.69) is 10.5 Å². The van der Waals surface area contributed by atoms with Crippen LogP contribution in [0.4, 0.5) is 5.69 Å². The Labute approximate surface area is 128 Å². The average molecular weight is 311 g/mol. The SMILES string of the molecule is Cc1noc(C)c1NC(=O)[C@H]1CSCN1C(=O)C(C)(C)C. The Morgan fingerprint density at radius 3 is 2.57 bits per heavy atom. The molecule has 2 amide bonds. The molecule has 0 saturated carbocycles. The van der Waals surface area contributed by atoms with Gasteiger partial charge < -0.3 is 14.7 Å². The van der Waals surface area contributed by atoms with Gasteiger partial charge in [-0.05, 0) is 13.8 Å². The number of carbonyl (C=O) groups excluding carboxylic acids is 2. The molecule has 116 valence electrons. The van der Waals surface area contributed by atoms with E-state index in [-0.39, 0.29) is 11.8 Å². The van der Waals surface area contributed by atoms with Gasteiger partial charge in [-0.25, -0.2) is 0 Å². The van der Waals surface area contributed by atoms with Crippen molar-refractivity contribution < 1.29 is 14.1 Å². The highest BCUT2D eigenvalue weighted by Crippen LogP contribution is 2.28. The van der Waals surface area contributed by atoms with Crippen molar-refractivity contribution in [2.75, 3.05) is 16.9 Å². The third-order valence-electron chi connectivity index (χ3n) is 3.37. The molecule has 0 unspecified atom stereocenters. The molecule has 1 aromatic rings. The number of amides is 2. The standard InChI is InChI=1S/C14H21N3O3S/c1-8-11(9(2)20-16-8)15-12(18)10-6-21-7-17(10)13(19)14(3,4)5/h10H,6-7H2,1-5H3,(H,15,18)/t10-/m1/s1. The van der Waals surface area contributed by atoms with Gasteiger partial charge in [0.2, 0.25) is 11.8 Å². The average Bonchev–Trinajstić information content (AvgIpc) is 2.98. The minimum absolute atomic E-state index is 0.00795. The molecule has 0 aliphatic carbocycles. The van der Waals surface area contributed by atoms with Crippen LogP contribution >= 0.6 is 11.8 Å². The van der Waals surface area contributed by atoms with E-state index in [0.717, 1.165) is 0 Å². The molecule has 1 saturated heterocycles. The summed E-state index contributed by atoms with van der Waals surface area (Å²) in [6.07, 6.45) is 0. The predicted octanol–water partition coefficient (Wildman–Crippen LogP) is 2.18. The van der Waals surface area contributed by atoms with Crippen LogP contribution in [0.15, 0.2) is 4.52 Å². The third-order valence-corrected chi connectivity index (χ3v) is 4.38. The lowest BCUT2D eigenvalue weighted by atomic mass is 9.94. The highest BCUT2D eigenvalue weighted by atomic mass is 32.2. The number of carbonyl (C=O) groups is 2. The van der Waals surface area contributed by atoms with Gasteiger partial charge in [0.15, 0.2) is 5.76 Å². The number of aromatic nitrogens is 1. The van der Waals surface area contributed by atoms with Crippen LogP contribution in [0.3, 0.4) is 0 Å². The molecule has 1 aromatic heterocycles. The van der Waals surface area contributed by atoms with Gasteiger partial charge in [-0.2, -0.15) is 0 Å². The number of hydrogen-bond acceptors (Lipinski definition) is 5. The molecule has 0 spiro atoms. The summed E-state index contributed by atoms with van der Waals surface area (Å²) in [7, 11) is 0. The van der Waals surface area contributed by atoms with Crippen LogP contribution in [0.2, 0.25) is 0 Å². The van der Waals surface area contributed by atoms with Gasteiger partial charge in [-0.1, -0.05) is 25.9 Å². The molecule has 1 N–H and O–H groups in total. The first-order valence-corrected chi connectivity index (χ1v) is 8.00. The van der Waals surface area contributed by atoms with Crippen LogP contribution in [-0.2, 0) is 9.59 Å². The molecule has 6 nitrogen and oxygen atoms in total. The van der Waals surface area contributed by atoms with Gasteiger partial charge >= 0.3 is 0 Å². The molecule has 1 aliphatic rings. The molecule has 1 atom stereocenters. The first kappa shape index (κ1) is 15.9. The van der Waals surface area contributed by atoms with Crippen LogP contribution in [0, 0.1) is 19.3 Å². The van der Waals surface area contributed by atoms with E-state index in [4.69, 9.17) is 4.52 Å². The minimum atomic E-state index is -0.494.